The van der Waals surface area contributed by atoms with Crippen molar-refractivity contribution >= 4 is 27.5 Å². The smallest absolute Gasteiger partial charge is 0.191 e. The maximum atomic E-state index is 5.39. The number of fused-ring (bicyclic) bond motifs is 1. The molecule has 0 spiro atoms. The van der Waals surface area contributed by atoms with Gasteiger partial charge in [-0.15, -0.1) is 11.3 Å². The van der Waals surface area contributed by atoms with Crippen LogP contribution in [-0.4, -0.2) is 43.8 Å². The van der Waals surface area contributed by atoms with Gasteiger partial charge in [0.2, 0.25) is 0 Å². The van der Waals surface area contributed by atoms with Gasteiger partial charge in [-0.2, -0.15) is 0 Å². The van der Waals surface area contributed by atoms with Crippen LogP contribution in [0.1, 0.15) is 25.3 Å². The Kier molecular flexibility index (Phi) is 6.36. The molecule has 1 heterocycles. The summed E-state index contributed by atoms with van der Waals surface area (Å²) in [5, 5.41) is 7.80. The van der Waals surface area contributed by atoms with E-state index in [1.807, 2.05) is 19.9 Å². The Morgan fingerprint density at radius 1 is 1.30 bits per heavy atom. The summed E-state index contributed by atoms with van der Waals surface area (Å²) in [6.45, 7) is 5.66. The number of methoxy groups -OCH3 is 1. The number of aromatic nitrogens is 1. The van der Waals surface area contributed by atoms with Crippen molar-refractivity contribution in [1.82, 2.24) is 15.6 Å². The van der Waals surface area contributed by atoms with Gasteiger partial charge in [-0.25, -0.2) is 4.98 Å². The molecule has 1 aromatic carbocycles. The van der Waals surface area contributed by atoms with E-state index in [9.17, 15) is 0 Å². The van der Waals surface area contributed by atoms with Crippen molar-refractivity contribution in [3.8, 4) is 0 Å². The molecule has 2 N–H and O–H groups in total. The predicted octanol–water partition coefficient (Wildman–Crippen LogP) is 2.82. The lowest BCUT2D eigenvalue weighted by Gasteiger charge is -2.24. The molecule has 0 aliphatic carbocycles. The molecule has 0 radical (unpaired) electrons. The highest BCUT2D eigenvalue weighted by Gasteiger charge is 2.16. The van der Waals surface area contributed by atoms with Crippen LogP contribution in [-0.2, 0) is 11.2 Å². The number of rotatable bonds is 7. The molecule has 5 nitrogen and oxygen atoms in total. The molecular weight excluding hydrogens is 308 g/mol. The van der Waals surface area contributed by atoms with Crippen LogP contribution in [0.2, 0.25) is 0 Å². The SMILES string of the molecule is CN=C(NCCCc1nc2ccccc2s1)NCC(C)(C)OC. The van der Waals surface area contributed by atoms with Crippen molar-refractivity contribution < 1.29 is 4.74 Å². The van der Waals surface area contributed by atoms with Gasteiger partial charge in [0.15, 0.2) is 5.96 Å². The molecule has 2 aromatic rings. The third-order valence-corrected chi connectivity index (χ3v) is 4.75. The number of hydrogen-bond donors (Lipinski definition) is 2. The van der Waals surface area contributed by atoms with Gasteiger partial charge < -0.3 is 15.4 Å². The molecule has 0 aliphatic heterocycles. The Bertz CT molecular complexity index is 618. The van der Waals surface area contributed by atoms with E-state index in [0.29, 0.717) is 6.54 Å². The normalized spacial score (nSPS) is 12.6. The van der Waals surface area contributed by atoms with Gasteiger partial charge >= 0.3 is 0 Å². The lowest BCUT2D eigenvalue weighted by atomic mass is 10.1. The molecule has 1 aromatic heterocycles. The summed E-state index contributed by atoms with van der Waals surface area (Å²) in [6.07, 6.45) is 2.00. The molecule has 0 atom stereocenters. The quantitative estimate of drug-likeness (QED) is 0.464. The van der Waals surface area contributed by atoms with Gasteiger partial charge in [0.25, 0.3) is 0 Å². The number of guanidine groups is 1. The zero-order valence-electron chi connectivity index (χ0n) is 14.3. The van der Waals surface area contributed by atoms with E-state index in [1.54, 1.807) is 25.5 Å². The third kappa shape index (κ3) is 5.48. The summed E-state index contributed by atoms with van der Waals surface area (Å²) < 4.78 is 6.65. The zero-order chi connectivity index (χ0) is 16.7. The fourth-order valence-electron chi connectivity index (χ4n) is 2.06. The first kappa shape index (κ1) is 17.7. The molecule has 0 saturated heterocycles. The van der Waals surface area contributed by atoms with Crippen LogP contribution >= 0.6 is 11.3 Å². The minimum atomic E-state index is -0.210. The number of aliphatic imine (C=N–C) groups is 1. The summed E-state index contributed by atoms with van der Waals surface area (Å²) >= 11 is 1.78. The number of nitrogens with one attached hydrogen (secondary N) is 2. The van der Waals surface area contributed by atoms with Gasteiger partial charge in [-0.1, -0.05) is 12.1 Å². The lowest BCUT2D eigenvalue weighted by molar-refractivity contribution is 0.0268. The van der Waals surface area contributed by atoms with Gasteiger partial charge in [0.1, 0.15) is 0 Å². The number of ether oxygens (including phenoxy) is 1. The van der Waals surface area contributed by atoms with E-state index in [1.165, 1.54) is 9.71 Å². The predicted molar refractivity (Wildman–Crippen MR) is 98.4 cm³/mol. The lowest BCUT2D eigenvalue weighted by Crippen LogP contribution is -2.45. The van der Waals surface area contributed by atoms with E-state index in [2.05, 4.69) is 38.8 Å². The number of hydrogen-bond acceptors (Lipinski definition) is 4. The Labute approximate surface area is 142 Å². The summed E-state index contributed by atoms with van der Waals surface area (Å²) in [6, 6.07) is 8.28. The zero-order valence-corrected chi connectivity index (χ0v) is 15.2. The van der Waals surface area contributed by atoms with E-state index in [-0.39, 0.29) is 5.60 Å². The first-order valence-electron chi connectivity index (χ1n) is 7.88. The monoisotopic (exact) mass is 334 g/mol. The van der Waals surface area contributed by atoms with E-state index in [4.69, 9.17) is 4.74 Å². The molecule has 126 valence electrons. The van der Waals surface area contributed by atoms with E-state index < -0.39 is 0 Å². The van der Waals surface area contributed by atoms with Gasteiger partial charge in [-0.3, -0.25) is 4.99 Å². The Morgan fingerprint density at radius 3 is 2.78 bits per heavy atom. The summed E-state index contributed by atoms with van der Waals surface area (Å²) in [7, 11) is 3.50. The largest absolute Gasteiger partial charge is 0.377 e. The molecule has 2 rings (SSSR count). The molecule has 0 saturated carbocycles. The highest BCUT2D eigenvalue weighted by atomic mass is 32.1. The van der Waals surface area contributed by atoms with Crippen LogP contribution in [0.5, 0.6) is 0 Å². The number of thiazole rings is 1. The maximum absolute atomic E-state index is 5.39. The number of aryl methyl sites for hydroxylation is 1. The summed E-state index contributed by atoms with van der Waals surface area (Å²) in [5.41, 5.74) is 0.887. The fraction of sp³-hybridized carbons (Fsp3) is 0.529. The standard InChI is InChI=1S/C17H26N4OS/c1-17(2,22-4)12-20-16(18-3)19-11-7-10-15-21-13-8-5-6-9-14(13)23-15/h5-6,8-9H,7,10-12H2,1-4H3,(H2,18,19,20). The second-order valence-corrected chi connectivity index (χ2v) is 7.11. The molecule has 6 heteroatoms. The summed E-state index contributed by atoms with van der Waals surface area (Å²) in [5.74, 6) is 0.805. The third-order valence-electron chi connectivity index (χ3n) is 3.66. The minimum absolute atomic E-state index is 0.210. The fourth-order valence-corrected chi connectivity index (χ4v) is 3.07. The van der Waals surface area contributed by atoms with Crippen LogP contribution in [0.3, 0.4) is 0 Å². The van der Waals surface area contributed by atoms with Crippen molar-refractivity contribution in [2.45, 2.75) is 32.3 Å². The second kappa shape index (κ2) is 8.26. The van der Waals surface area contributed by atoms with Crippen LogP contribution in [0.4, 0.5) is 0 Å². The minimum Gasteiger partial charge on any atom is -0.377 e. The Balaban J connectivity index is 1.73. The number of nitrogens with zero attached hydrogens (tertiary/aromatic N) is 2. The Morgan fingerprint density at radius 2 is 2.09 bits per heavy atom. The van der Waals surface area contributed by atoms with Crippen molar-refractivity contribution in [2.75, 3.05) is 27.2 Å². The summed E-state index contributed by atoms with van der Waals surface area (Å²) in [4.78, 5) is 8.89. The van der Waals surface area contributed by atoms with Crippen LogP contribution in [0.25, 0.3) is 10.2 Å². The van der Waals surface area contributed by atoms with E-state index >= 15 is 0 Å². The van der Waals surface area contributed by atoms with Crippen molar-refractivity contribution in [1.29, 1.82) is 0 Å². The highest BCUT2D eigenvalue weighted by Crippen LogP contribution is 2.22. The van der Waals surface area contributed by atoms with E-state index in [0.717, 1.165) is 30.9 Å². The Hall–Kier alpha value is -1.66. The first-order chi connectivity index (χ1) is 11.0. The van der Waals surface area contributed by atoms with Crippen molar-refractivity contribution in [2.24, 2.45) is 4.99 Å². The van der Waals surface area contributed by atoms with Crippen LogP contribution < -0.4 is 10.6 Å². The number of para-hydroxylation sites is 1. The van der Waals surface area contributed by atoms with Gasteiger partial charge in [0, 0.05) is 33.7 Å². The molecule has 0 aliphatic rings. The number of benzene rings is 1. The highest BCUT2D eigenvalue weighted by molar-refractivity contribution is 7.18. The van der Waals surface area contributed by atoms with Crippen molar-refractivity contribution in [3.05, 3.63) is 29.3 Å². The van der Waals surface area contributed by atoms with Crippen molar-refractivity contribution in [3.63, 3.8) is 0 Å². The average molecular weight is 334 g/mol. The van der Waals surface area contributed by atoms with Crippen LogP contribution in [0.15, 0.2) is 29.3 Å². The first-order valence-corrected chi connectivity index (χ1v) is 8.70. The molecule has 23 heavy (non-hydrogen) atoms. The maximum Gasteiger partial charge on any atom is 0.191 e. The molecule has 0 fully saturated rings. The van der Waals surface area contributed by atoms with Gasteiger partial charge in [-0.05, 0) is 32.4 Å². The second-order valence-electron chi connectivity index (χ2n) is 6.00. The van der Waals surface area contributed by atoms with Crippen LogP contribution in [0, 0.1) is 0 Å². The molecule has 0 unspecified atom stereocenters. The molecule has 0 amide bonds. The van der Waals surface area contributed by atoms with Gasteiger partial charge in [0.05, 0.1) is 20.8 Å². The molecular formula is C17H26N4OS. The topological polar surface area (TPSA) is 58.5 Å². The molecule has 0 bridgehead atoms. The average Bonchev–Trinajstić information content (AvgIpc) is 2.97.